The average Bonchev–Trinajstić information content (AvgIpc) is 2.63. The minimum absolute atomic E-state index is 0.00679. The molecule has 11 heteroatoms. The molecule has 1 amide bonds. The predicted molar refractivity (Wildman–Crippen MR) is 97.5 cm³/mol. The summed E-state index contributed by atoms with van der Waals surface area (Å²) in [5.74, 6) is -1.47. The molecule has 156 valence electrons. The zero-order valence-electron chi connectivity index (χ0n) is 15.6. The summed E-state index contributed by atoms with van der Waals surface area (Å²) in [4.78, 5) is 49.5. The number of carboxylic acids is 1. The number of nitrogens with one attached hydrogen (secondary N) is 1. The Balaban J connectivity index is 1.97. The summed E-state index contributed by atoms with van der Waals surface area (Å²) in [5, 5.41) is 30.0. The van der Waals surface area contributed by atoms with Crippen molar-refractivity contribution in [2.45, 2.75) is 62.4 Å². The first-order chi connectivity index (χ1) is 13.0. The molecule has 0 spiro atoms. The smallest absolute Gasteiger partial charge is 0.328 e. The molecule has 1 aromatic heterocycles. The molecule has 28 heavy (non-hydrogen) atoms. The monoisotopic (exact) mass is 398 g/mol. The molecule has 0 aliphatic heterocycles. The zero-order valence-corrected chi connectivity index (χ0v) is 15.6. The van der Waals surface area contributed by atoms with Gasteiger partial charge in [-0.2, -0.15) is 0 Å². The Hall–Kier alpha value is -2.50. The Morgan fingerprint density at radius 3 is 2.71 bits per heavy atom. The second-order valence-electron chi connectivity index (χ2n) is 7.27. The van der Waals surface area contributed by atoms with E-state index in [9.17, 15) is 29.4 Å². The van der Waals surface area contributed by atoms with Crippen molar-refractivity contribution >= 4 is 11.9 Å². The van der Waals surface area contributed by atoms with E-state index in [2.05, 4.69) is 4.98 Å². The molecule has 0 saturated heterocycles. The van der Waals surface area contributed by atoms with Crippen molar-refractivity contribution in [2.24, 2.45) is 5.73 Å². The minimum atomic E-state index is -1.58. The van der Waals surface area contributed by atoms with E-state index in [-0.39, 0.29) is 44.2 Å². The van der Waals surface area contributed by atoms with Crippen LogP contribution < -0.4 is 17.0 Å². The Bertz CT molecular complexity index is 835. The summed E-state index contributed by atoms with van der Waals surface area (Å²) < 4.78 is 1.12. The largest absolute Gasteiger partial charge is 0.480 e. The summed E-state index contributed by atoms with van der Waals surface area (Å²) >= 11 is 0. The van der Waals surface area contributed by atoms with Gasteiger partial charge in [0.1, 0.15) is 11.6 Å². The van der Waals surface area contributed by atoms with E-state index in [1.54, 1.807) is 7.05 Å². The van der Waals surface area contributed by atoms with E-state index in [0.29, 0.717) is 6.42 Å². The van der Waals surface area contributed by atoms with E-state index in [0.717, 1.165) is 10.6 Å². The topological polar surface area (TPSA) is 179 Å². The van der Waals surface area contributed by atoms with E-state index in [1.165, 1.54) is 11.1 Å². The van der Waals surface area contributed by atoms with Gasteiger partial charge in [0, 0.05) is 31.8 Å². The third kappa shape index (κ3) is 5.06. The second-order valence-corrected chi connectivity index (χ2v) is 7.27. The molecule has 1 aromatic rings. The molecule has 0 radical (unpaired) electrons. The molecule has 1 saturated carbocycles. The van der Waals surface area contributed by atoms with Crippen molar-refractivity contribution < 1.29 is 24.9 Å². The van der Waals surface area contributed by atoms with Gasteiger partial charge in [-0.3, -0.25) is 23.9 Å². The fourth-order valence-corrected chi connectivity index (χ4v) is 3.36. The van der Waals surface area contributed by atoms with Crippen LogP contribution in [-0.4, -0.2) is 72.5 Å². The fourth-order valence-electron chi connectivity index (χ4n) is 3.36. The van der Waals surface area contributed by atoms with Crippen LogP contribution in [0.4, 0.5) is 0 Å². The van der Waals surface area contributed by atoms with Crippen LogP contribution in [0, 0.1) is 0 Å². The number of carbonyl (C=O) groups excluding carboxylic acids is 1. The summed E-state index contributed by atoms with van der Waals surface area (Å²) in [6.45, 7) is -0.193. The normalized spacial score (nSPS) is 25.9. The highest BCUT2D eigenvalue weighted by Crippen LogP contribution is 2.32. The molecule has 0 unspecified atom stereocenters. The van der Waals surface area contributed by atoms with Crippen molar-refractivity contribution in [3.05, 3.63) is 33.1 Å². The number of aliphatic carboxylic acids is 1. The van der Waals surface area contributed by atoms with Crippen LogP contribution in [0.2, 0.25) is 0 Å². The zero-order chi connectivity index (χ0) is 21.1. The molecule has 1 heterocycles. The maximum Gasteiger partial charge on any atom is 0.328 e. The number of hydrogen-bond donors (Lipinski definition) is 5. The SMILES string of the molecule is CN(C(=O)CC[C@@H](N)C(=O)O)[C@H]1CC[C@@](O)(Cn2ccc(=O)[nH]c2=O)[C@H](O)C1. The number of amides is 1. The molecule has 0 bridgehead atoms. The lowest BCUT2D eigenvalue weighted by molar-refractivity contribution is -0.144. The van der Waals surface area contributed by atoms with E-state index in [4.69, 9.17) is 10.8 Å². The first-order valence-corrected chi connectivity index (χ1v) is 8.98. The standard InChI is InChI=1S/C17H26N4O7/c1-20(14(24)3-2-11(18)15(25)26)10-4-6-17(28,12(22)8-10)9-21-7-5-13(23)19-16(21)27/h5,7,10-12,22,28H,2-4,6,8-9,18H2,1H3,(H,25,26)(H,19,23,27)/t10-,11+,12+,17+/m0/s1. The summed E-state index contributed by atoms with van der Waals surface area (Å²) in [5.41, 5.74) is 2.59. The van der Waals surface area contributed by atoms with Gasteiger partial charge in [-0.05, 0) is 25.7 Å². The molecule has 0 aromatic carbocycles. The van der Waals surface area contributed by atoms with Gasteiger partial charge in [0.05, 0.1) is 12.6 Å². The van der Waals surface area contributed by atoms with Gasteiger partial charge in [-0.1, -0.05) is 0 Å². The molecule has 1 aliphatic carbocycles. The average molecular weight is 398 g/mol. The lowest BCUT2D eigenvalue weighted by Gasteiger charge is -2.43. The second kappa shape index (κ2) is 8.67. The molecule has 11 nitrogen and oxygen atoms in total. The number of rotatable bonds is 7. The molecule has 1 aliphatic rings. The summed E-state index contributed by atoms with van der Waals surface area (Å²) in [7, 11) is 1.56. The van der Waals surface area contributed by atoms with Crippen molar-refractivity contribution in [1.29, 1.82) is 0 Å². The van der Waals surface area contributed by atoms with Gasteiger partial charge in [-0.25, -0.2) is 4.79 Å². The van der Waals surface area contributed by atoms with Gasteiger partial charge >= 0.3 is 11.7 Å². The predicted octanol–water partition coefficient (Wildman–Crippen LogP) is -2.17. The molecule has 6 N–H and O–H groups in total. The van der Waals surface area contributed by atoms with E-state index < -0.39 is 35.0 Å². The number of H-pyrrole nitrogens is 1. The van der Waals surface area contributed by atoms with Crippen molar-refractivity contribution in [3.63, 3.8) is 0 Å². The molecular formula is C17H26N4O7. The Kier molecular flexibility index (Phi) is 6.75. The summed E-state index contributed by atoms with van der Waals surface area (Å²) in [6.07, 6.45) is 0.651. The molecule has 1 fully saturated rings. The quantitative estimate of drug-likeness (QED) is 0.344. The lowest BCUT2D eigenvalue weighted by Crippen LogP contribution is -2.55. The van der Waals surface area contributed by atoms with Crippen LogP contribution >= 0.6 is 0 Å². The number of nitrogens with two attached hydrogens (primary N) is 1. The van der Waals surface area contributed by atoms with Crippen LogP contribution in [0.5, 0.6) is 0 Å². The van der Waals surface area contributed by atoms with E-state index >= 15 is 0 Å². The number of nitrogens with zero attached hydrogens (tertiary/aromatic N) is 2. The van der Waals surface area contributed by atoms with Crippen LogP contribution in [0.25, 0.3) is 0 Å². The number of aromatic nitrogens is 2. The van der Waals surface area contributed by atoms with Crippen molar-refractivity contribution in [1.82, 2.24) is 14.5 Å². The Labute approximate surface area is 160 Å². The first-order valence-electron chi connectivity index (χ1n) is 8.98. The van der Waals surface area contributed by atoms with Gasteiger partial charge in [0.25, 0.3) is 5.56 Å². The number of aliphatic hydroxyl groups is 2. The number of carbonyl (C=O) groups is 2. The Morgan fingerprint density at radius 2 is 2.14 bits per heavy atom. The third-order valence-corrected chi connectivity index (χ3v) is 5.29. The molecule has 2 rings (SSSR count). The highest BCUT2D eigenvalue weighted by atomic mass is 16.4. The van der Waals surface area contributed by atoms with Crippen LogP contribution in [0.3, 0.4) is 0 Å². The number of carboxylic acid groups (broad SMARTS) is 1. The summed E-state index contributed by atoms with van der Waals surface area (Å²) in [6, 6.07) is -0.303. The van der Waals surface area contributed by atoms with Crippen LogP contribution in [0.15, 0.2) is 21.9 Å². The van der Waals surface area contributed by atoms with Crippen molar-refractivity contribution in [2.75, 3.05) is 7.05 Å². The third-order valence-electron chi connectivity index (χ3n) is 5.29. The van der Waals surface area contributed by atoms with Gasteiger partial charge < -0.3 is 26.0 Å². The molecular weight excluding hydrogens is 372 g/mol. The highest BCUT2D eigenvalue weighted by Gasteiger charge is 2.43. The minimum Gasteiger partial charge on any atom is -0.480 e. The number of hydrogen-bond acceptors (Lipinski definition) is 7. The van der Waals surface area contributed by atoms with E-state index in [1.807, 2.05) is 0 Å². The maximum absolute atomic E-state index is 12.3. The fraction of sp³-hybridized carbons (Fsp3) is 0.647. The lowest BCUT2D eigenvalue weighted by atomic mass is 9.79. The first kappa shape index (κ1) is 21.8. The van der Waals surface area contributed by atoms with Gasteiger partial charge in [-0.15, -0.1) is 0 Å². The van der Waals surface area contributed by atoms with Crippen LogP contribution in [-0.2, 0) is 16.1 Å². The highest BCUT2D eigenvalue weighted by molar-refractivity contribution is 5.78. The van der Waals surface area contributed by atoms with Crippen molar-refractivity contribution in [3.8, 4) is 0 Å². The molecule has 4 atom stereocenters. The van der Waals surface area contributed by atoms with Crippen LogP contribution in [0.1, 0.15) is 32.1 Å². The van der Waals surface area contributed by atoms with Gasteiger partial charge in [0.2, 0.25) is 5.91 Å². The number of aliphatic hydroxyl groups excluding tert-OH is 1. The number of aromatic amines is 1. The Morgan fingerprint density at radius 1 is 1.46 bits per heavy atom. The van der Waals surface area contributed by atoms with Gasteiger partial charge in [0.15, 0.2) is 0 Å². The maximum atomic E-state index is 12.3.